The zero-order chi connectivity index (χ0) is 24.4. The maximum atomic E-state index is 13.9. The minimum Gasteiger partial charge on any atom is -0.493 e. The van der Waals surface area contributed by atoms with Crippen molar-refractivity contribution in [2.75, 3.05) is 11.9 Å². The van der Waals surface area contributed by atoms with E-state index in [-0.39, 0.29) is 5.69 Å². The lowest BCUT2D eigenvalue weighted by Crippen LogP contribution is -2.10. The van der Waals surface area contributed by atoms with Gasteiger partial charge in [0.2, 0.25) is 5.91 Å². The summed E-state index contributed by atoms with van der Waals surface area (Å²) in [5.74, 6) is -1.37. The molecule has 0 bridgehead atoms. The summed E-state index contributed by atoms with van der Waals surface area (Å²) in [5.41, 5.74) is 4.32. The number of anilines is 1. The van der Waals surface area contributed by atoms with Crippen molar-refractivity contribution in [2.45, 2.75) is 20.8 Å². The fourth-order valence-electron chi connectivity index (χ4n) is 3.83. The van der Waals surface area contributed by atoms with E-state index in [0.717, 1.165) is 40.3 Å². The lowest BCUT2D eigenvalue weighted by molar-refractivity contribution is -0.111. The molecule has 0 saturated carbocycles. The van der Waals surface area contributed by atoms with Gasteiger partial charge in [0.25, 0.3) is 0 Å². The zero-order valence-electron chi connectivity index (χ0n) is 18.8. The van der Waals surface area contributed by atoms with Crippen molar-refractivity contribution >= 4 is 39.7 Å². The van der Waals surface area contributed by atoms with E-state index in [0.29, 0.717) is 34.1 Å². The molecule has 1 amide bonds. The first-order chi connectivity index (χ1) is 16.3. The van der Waals surface area contributed by atoms with Crippen molar-refractivity contribution in [3.05, 3.63) is 88.7 Å². The number of nitrogens with one attached hydrogen (secondary N) is 1. The quantitative estimate of drug-likeness (QED) is 0.286. The highest BCUT2D eigenvalue weighted by Crippen LogP contribution is 2.41. The molecule has 0 saturated heterocycles. The van der Waals surface area contributed by atoms with Crippen molar-refractivity contribution in [3.8, 4) is 16.9 Å². The van der Waals surface area contributed by atoms with Crippen LogP contribution in [0.1, 0.15) is 25.0 Å². The Morgan fingerprint density at radius 1 is 1.15 bits per heavy atom. The Labute approximate surface area is 200 Å². The maximum Gasteiger partial charge on any atom is 0.248 e. The van der Waals surface area contributed by atoms with E-state index in [9.17, 15) is 13.6 Å². The van der Waals surface area contributed by atoms with E-state index in [1.54, 1.807) is 25.3 Å². The van der Waals surface area contributed by atoms with Gasteiger partial charge in [-0.15, -0.1) is 0 Å². The normalized spacial score (nSPS) is 11.6. The van der Waals surface area contributed by atoms with Crippen LogP contribution in [-0.2, 0) is 4.79 Å². The molecule has 34 heavy (non-hydrogen) atoms. The van der Waals surface area contributed by atoms with Crippen molar-refractivity contribution < 1.29 is 22.7 Å². The second kappa shape index (κ2) is 9.69. The SMILES string of the molecule is CCOc1c(/C(C)=C/C(=O)Nc2cc(F)ccc2F)cc2c(-c3ccc(Cl)cc3)coc2c1C. The first-order valence-corrected chi connectivity index (χ1v) is 11.0. The lowest BCUT2D eigenvalue weighted by Gasteiger charge is -2.15. The first-order valence-electron chi connectivity index (χ1n) is 10.7. The van der Waals surface area contributed by atoms with E-state index in [1.807, 2.05) is 32.0 Å². The molecule has 3 aromatic carbocycles. The highest BCUT2D eigenvalue weighted by molar-refractivity contribution is 6.30. The van der Waals surface area contributed by atoms with E-state index < -0.39 is 17.5 Å². The number of amides is 1. The summed E-state index contributed by atoms with van der Waals surface area (Å²) in [6, 6.07) is 12.2. The standard InChI is InChI=1S/C27H22ClF2NO3/c1-4-33-26-16(3)27-21(22(14-34-27)17-5-7-18(28)8-6-17)13-20(26)15(2)11-25(32)31-24-12-19(29)9-10-23(24)30/h5-14H,4H2,1-3H3,(H,31,32)/b15-11+. The van der Waals surface area contributed by atoms with E-state index in [4.69, 9.17) is 20.8 Å². The molecular weight excluding hydrogens is 460 g/mol. The number of ether oxygens (including phenoxy) is 1. The van der Waals surface area contributed by atoms with Crippen LogP contribution in [0.15, 0.2) is 65.3 Å². The van der Waals surface area contributed by atoms with Gasteiger partial charge >= 0.3 is 0 Å². The number of hydrogen-bond donors (Lipinski definition) is 1. The monoisotopic (exact) mass is 481 g/mol. The number of benzene rings is 3. The van der Waals surface area contributed by atoms with Gasteiger partial charge in [-0.2, -0.15) is 0 Å². The molecule has 0 atom stereocenters. The highest BCUT2D eigenvalue weighted by atomic mass is 35.5. The maximum absolute atomic E-state index is 13.9. The number of aryl methyl sites for hydroxylation is 1. The summed E-state index contributed by atoms with van der Waals surface area (Å²) in [6.07, 6.45) is 3.01. The smallest absolute Gasteiger partial charge is 0.248 e. The highest BCUT2D eigenvalue weighted by Gasteiger charge is 2.19. The molecule has 0 radical (unpaired) electrons. The number of carbonyl (C=O) groups is 1. The second-order valence-corrected chi connectivity index (χ2v) is 8.22. The van der Waals surface area contributed by atoms with Crippen LogP contribution in [0.4, 0.5) is 14.5 Å². The third kappa shape index (κ3) is 4.68. The lowest BCUT2D eigenvalue weighted by atomic mass is 9.96. The van der Waals surface area contributed by atoms with Crippen LogP contribution in [0, 0.1) is 18.6 Å². The van der Waals surface area contributed by atoms with Crippen LogP contribution in [0.2, 0.25) is 5.02 Å². The van der Waals surface area contributed by atoms with Gasteiger partial charge in [-0.1, -0.05) is 23.7 Å². The summed E-state index contributed by atoms with van der Waals surface area (Å²) < 4.78 is 39.2. The molecular formula is C27H22ClF2NO3. The predicted octanol–water partition coefficient (Wildman–Crippen LogP) is 7.78. The van der Waals surface area contributed by atoms with Crippen molar-refractivity contribution in [2.24, 2.45) is 0 Å². The number of allylic oxidation sites excluding steroid dienone is 1. The largest absolute Gasteiger partial charge is 0.493 e. The number of hydrogen-bond acceptors (Lipinski definition) is 3. The van der Waals surface area contributed by atoms with Gasteiger partial charge in [0.1, 0.15) is 23.0 Å². The molecule has 4 nitrogen and oxygen atoms in total. The molecule has 0 aliphatic heterocycles. The fraction of sp³-hybridized carbons (Fsp3) is 0.148. The second-order valence-electron chi connectivity index (χ2n) is 7.78. The molecule has 0 aliphatic carbocycles. The van der Waals surface area contributed by atoms with Gasteiger partial charge in [0.05, 0.1) is 18.6 Å². The van der Waals surface area contributed by atoms with E-state index in [1.165, 1.54) is 6.08 Å². The summed E-state index contributed by atoms with van der Waals surface area (Å²) in [4.78, 5) is 12.6. The van der Waals surface area contributed by atoms with Crippen LogP contribution in [0.3, 0.4) is 0 Å². The molecule has 0 fully saturated rings. The molecule has 1 aromatic heterocycles. The van der Waals surface area contributed by atoms with Crippen molar-refractivity contribution in [1.29, 1.82) is 0 Å². The average Bonchev–Trinajstić information content (AvgIpc) is 3.23. The number of fused-ring (bicyclic) bond motifs is 1. The molecule has 174 valence electrons. The van der Waals surface area contributed by atoms with Crippen LogP contribution >= 0.6 is 11.6 Å². The Morgan fingerprint density at radius 3 is 2.59 bits per heavy atom. The number of halogens is 3. The van der Waals surface area contributed by atoms with E-state index >= 15 is 0 Å². The Morgan fingerprint density at radius 2 is 1.88 bits per heavy atom. The predicted molar refractivity (Wildman–Crippen MR) is 131 cm³/mol. The minimum absolute atomic E-state index is 0.231. The summed E-state index contributed by atoms with van der Waals surface area (Å²) in [7, 11) is 0. The fourth-order valence-corrected chi connectivity index (χ4v) is 3.95. The van der Waals surface area contributed by atoms with Gasteiger partial charge in [0, 0.05) is 39.2 Å². The molecule has 7 heteroatoms. The molecule has 1 heterocycles. The minimum atomic E-state index is -0.723. The van der Waals surface area contributed by atoms with Gasteiger partial charge < -0.3 is 14.5 Å². The Hall–Kier alpha value is -3.64. The molecule has 4 aromatic rings. The number of carbonyl (C=O) groups excluding carboxylic acids is 1. The van der Waals surface area contributed by atoms with Gasteiger partial charge in [-0.3, -0.25) is 4.79 Å². The molecule has 4 rings (SSSR count). The molecule has 1 N–H and O–H groups in total. The third-order valence-corrected chi connectivity index (χ3v) is 5.70. The molecule has 0 aliphatic rings. The Balaban J connectivity index is 1.78. The first kappa shape index (κ1) is 23.5. The van der Waals surface area contributed by atoms with Crippen LogP contribution in [-0.4, -0.2) is 12.5 Å². The van der Waals surface area contributed by atoms with Gasteiger partial charge in [-0.25, -0.2) is 8.78 Å². The third-order valence-electron chi connectivity index (χ3n) is 5.45. The Kier molecular flexibility index (Phi) is 6.70. The number of furan rings is 1. The van der Waals surface area contributed by atoms with Gasteiger partial charge in [-0.05, 0) is 62.2 Å². The zero-order valence-corrected chi connectivity index (χ0v) is 19.6. The summed E-state index contributed by atoms with van der Waals surface area (Å²) in [6.45, 7) is 5.93. The Bertz CT molecular complexity index is 1410. The molecule has 0 unspecified atom stereocenters. The average molecular weight is 482 g/mol. The topological polar surface area (TPSA) is 51.5 Å². The molecule has 0 spiro atoms. The van der Waals surface area contributed by atoms with Crippen LogP contribution < -0.4 is 10.1 Å². The van der Waals surface area contributed by atoms with E-state index in [2.05, 4.69) is 5.32 Å². The summed E-state index contributed by atoms with van der Waals surface area (Å²) >= 11 is 6.03. The van der Waals surface area contributed by atoms with Crippen LogP contribution in [0.25, 0.3) is 27.7 Å². The van der Waals surface area contributed by atoms with Crippen molar-refractivity contribution in [3.63, 3.8) is 0 Å². The van der Waals surface area contributed by atoms with Crippen LogP contribution in [0.5, 0.6) is 5.75 Å². The number of rotatable bonds is 6. The van der Waals surface area contributed by atoms with Crippen molar-refractivity contribution in [1.82, 2.24) is 0 Å². The van der Waals surface area contributed by atoms with Gasteiger partial charge in [0.15, 0.2) is 0 Å². The summed E-state index contributed by atoms with van der Waals surface area (Å²) in [5, 5.41) is 3.87.